The Morgan fingerprint density at radius 1 is 1.19 bits per heavy atom. The van der Waals surface area contributed by atoms with E-state index in [2.05, 4.69) is 19.1 Å². The molecular weight excluding hydrogens is 326 g/mol. The molecule has 0 saturated carbocycles. The second-order valence-corrected chi connectivity index (χ2v) is 7.29. The summed E-state index contributed by atoms with van der Waals surface area (Å²) in [4.78, 5) is 12.7. The van der Waals surface area contributed by atoms with E-state index in [1.165, 1.54) is 19.4 Å². The molecule has 2 heterocycles. The summed E-state index contributed by atoms with van der Waals surface area (Å²) in [7, 11) is 0. The normalized spacial score (nSPS) is 19.9. The number of carbonyl (C=O) groups excluding carboxylic acids is 1. The van der Waals surface area contributed by atoms with Crippen molar-refractivity contribution in [3.8, 4) is 11.1 Å². The smallest absolute Gasteiger partial charge is 0.134 e. The van der Waals surface area contributed by atoms with Crippen molar-refractivity contribution in [2.24, 2.45) is 0 Å². The lowest BCUT2D eigenvalue weighted by Gasteiger charge is -2.16. The molecule has 1 aliphatic heterocycles. The van der Waals surface area contributed by atoms with Crippen LogP contribution >= 0.6 is 0 Å². The van der Waals surface area contributed by atoms with Gasteiger partial charge in [-0.2, -0.15) is 0 Å². The minimum absolute atomic E-state index is 0.193. The van der Waals surface area contributed by atoms with Gasteiger partial charge in [0.25, 0.3) is 0 Å². The molecule has 1 aliphatic rings. The average molecular weight is 349 g/mol. The Morgan fingerprint density at radius 2 is 2.04 bits per heavy atom. The van der Waals surface area contributed by atoms with Gasteiger partial charge >= 0.3 is 0 Å². The van der Waals surface area contributed by atoms with Crippen LogP contribution in [-0.4, -0.2) is 25.1 Å². The van der Waals surface area contributed by atoms with Gasteiger partial charge in [-0.25, -0.2) is 0 Å². The van der Waals surface area contributed by atoms with Gasteiger partial charge in [-0.05, 0) is 47.9 Å². The number of furan rings is 1. The SMILES string of the molecule is C[C@@H]1CCC[NH+]1CCc1cc2cc(-c3cccc(C(=O)[O-])c3)ccc2o1. The van der Waals surface area contributed by atoms with E-state index < -0.39 is 5.97 Å². The van der Waals surface area contributed by atoms with Crippen molar-refractivity contribution in [2.45, 2.75) is 32.2 Å². The van der Waals surface area contributed by atoms with Gasteiger partial charge in [-0.3, -0.25) is 0 Å². The van der Waals surface area contributed by atoms with Crippen molar-refractivity contribution in [3.63, 3.8) is 0 Å². The highest BCUT2D eigenvalue weighted by Crippen LogP contribution is 2.27. The molecule has 2 aromatic carbocycles. The number of likely N-dealkylation sites (tertiary alicyclic amines) is 1. The first-order valence-electron chi connectivity index (χ1n) is 9.29. The van der Waals surface area contributed by atoms with E-state index in [-0.39, 0.29) is 5.56 Å². The van der Waals surface area contributed by atoms with Gasteiger partial charge in [0.15, 0.2) is 0 Å². The molecule has 0 spiro atoms. The van der Waals surface area contributed by atoms with Crippen LogP contribution in [0.2, 0.25) is 0 Å². The number of aromatic carboxylic acids is 1. The van der Waals surface area contributed by atoms with Crippen LogP contribution in [0.15, 0.2) is 52.9 Å². The fraction of sp³-hybridized carbons (Fsp3) is 0.318. The average Bonchev–Trinajstić information content (AvgIpc) is 3.24. The lowest BCUT2D eigenvalue weighted by atomic mass is 10.0. The number of fused-ring (bicyclic) bond motifs is 1. The second kappa shape index (κ2) is 6.96. The number of carboxylic acids is 1. The van der Waals surface area contributed by atoms with Crippen molar-refractivity contribution in [3.05, 3.63) is 59.9 Å². The number of quaternary nitrogens is 1. The molecule has 1 aromatic heterocycles. The van der Waals surface area contributed by atoms with E-state index in [1.54, 1.807) is 23.1 Å². The van der Waals surface area contributed by atoms with Gasteiger partial charge in [0, 0.05) is 18.2 Å². The van der Waals surface area contributed by atoms with Crippen molar-refractivity contribution in [1.29, 1.82) is 0 Å². The molecule has 0 bridgehead atoms. The Morgan fingerprint density at radius 3 is 2.81 bits per heavy atom. The van der Waals surface area contributed by atoms with Crippen LogP contribution in [0.25, 0.3) is 22.1 Å². The number of nitrogens with one attached hydrogen (secondary N) is 1. The zero-order valence-corrected chi connectivity index (χ0v) is 15.0. The van der Waals surface area contributed by atoms with Gasteiger partial charge in [0.05, 0.1) is 31.5 Å². The summed E-state index contributed by atoms with van der Waals surface area (Å²) in [5, 5.41) is 12.1. The first-order valence-corrected chi connectivity index (χ1v) is 9.29. The summed E-state index contributed by atoms with van der Waals surface area (Å²) in [6, 6.07) is 15.7. The number of carboxylic acid groups (broad SMARTS) is 1. The Balaban J connectivity index is 1.56. The van der Waals surface area contributed by atoms with E-state index in [0.29, 0.717) is 0 Å². The zero-order chi connectivity index (χ0) is 18.1. The Labute approximate surface area is 153 Å². The summed E-state index contributed by atoms with van der Waals surface area (Å²) in [5.41, 5.74) is 2.92. The van der Waals surface area contributed by atoms with E-state index in [9.17, 15) is 9.90 Å². The summed E-state index contributed by atoms with van der Waals surface area (Å²) in [6.45, 7) is 4.70. The monoisotopic (exact) mass is 349 g/mol. The van der Waals surface area contributed by atoms with Crippen LogP contribution in [0.4, 0.5) is 0 Å². The summed E-state index contributed by atoms with van der Waals surface area (Å²) < 4.78 is 6.00. The van der Waals surface area contributed by atoms with Crippen molar-refractivity contribution >= 4 is 16.9 Å². The first kappa shape index (κ1) is 16.9. The van der Waals surface area contributed by atoms with Crippen LogP contribution < -0.4 is 10.0 Å². The third kappa shape index (κ3) is 3.37. The number of carbonyl (C=O) groups is 1. The second-order valence-electron chi connectivity index (χ2n) is 7.29. The quantitative estimate of drug-likeness (QED) is 0.767. The number of hydrogen-bond acceptors (Lipinski definition) is 3. The predicted octanol–water partition coefficient (Wildman–Crippen LogP) is 2.07. The maximum atomic E-state index is 11.1. The minimum Gasteiger partial charge on any atom is -0.545 e. The largest absolute Gasteiger partial charge is 0.545 e. The molecule has 0 amide bonds. The highest BCUT2D eigenvalue weighted by molar-refractivity contribution is 5.89. The molecule has 1 fully saturated rings. The molecule has 4 rings (SSSR count). The van der Waals surface area contributed by atoms with Gasteiger partial charge in [0.1, 0.15) is 11.3 Å². The predicted molar refractivity (Wildman–Crippen MR) is 99.1 cm³/mol. The van der Waals surface area contributed by atoms with E-state index >= 15 is 0 Å². The van der Waals surface area contributed by atoms with Gasteiger partial charge in [-0.1, -0.05) is 24.3 Å². The minimum atomic E-state index is -1.16. The van der Waals surface area contributed by atoms with Crippen molar-refractivity contribution in [2.75, 3.05) is 13.1 Å². The molecule has 2 atom stereocenters. The van der Waals surface area contributed by atoms with Crippen LogP contribution in [0.1, 0.15) is 35.9 Å². The van der Waals surface area contributed by atoms with E-state index in [0.717, 1.165) is 46.9 Å². The van der Waals surface area contributed by atoms with E-state index in [1.807, 2.05) is 18.2 Å². The zero-order valence-electron chi connectivity index (χ0n) is 15.0. The van der Waals surface area contributed by atoms with E-state index in [4.69, 9.17) is 4.42 Å². The van der Waals surface area contributed by atoms with Crippen molar-refractivity contribution in [1.82, 2.24) is 0 Å². The molecule has 1 saturated heterocycles. The summed E-state index contributed by atoms with van der Waals surface area (Å²) >= 11 is 0. The maximum absolute atomic E-state index is 11.1. The molecule has 134 valence electrons. The number of rotatable bonds is 5. The molecule has 4 heteroatoms. The fourth-order valence-electron chi connectivity index (χ4n) is 3.97. The van der Waals surface area contributed by atoms with Crippen LogP contribution in [0, 0.1) is 0 Å². The highest BCUT2D eigenvalue weighted by Gasteiger charge is 2.23. The lowest BCUT2D eigenvalue weighted by molar-refractivity contribution is -0.910. The number of hydrogen-bond donors (Lipinski definition) is 1. The summed E-state index contributed by atoms with van der Waals surface area (Å²) in [6.07, 6.45) is 3.60. The Hall–Kier alpha value is -2.59. The fourth-order valence-corrected chi connectivity index (χ4v) is 3.97. The molecule has 0 radical (unpaired) electrons. The standard InChI is InChI=1S/C22H23NO3/c1-15-4-3-10-23(15)11-9-20-14-19-13-17(7-8-21(19)26-20)16-5-2-6-18(12-16)22(24)25/h2,5-8,12-15H,3-4,9-11H2,1H3,(H,24,25)/t15-/m1/s1. The maximum Gasteiger partial charge on any atom is 0.134 e. The highest BCUT2D eigenvalue weighted by atomic mass is 16.4. The molecular formula is C22H23NO3. The first-order chi connectivity index (χ1) is 12.6. The Kier molecular flexibility index (Phi) is 4.51. The van der Waals surface area contributed by atoms with Crippen LogP contribution in [0.5, 0.6) is 0 Å². The molecule has 4 nitrogen and oxygen atoms in total. The lowest BCUT2D eigenvalue weighted by Crippen LogP contribution is -3.13. The number of benzene rings is 2. The molecule has 26 heavy (non-hydrogen) atoms. The topological polar surface area (TPSA) is 57.7 Å². The molecule has 3 aromatic rings. The van der Waals surface area contributed by atoms with Crippen LogP contribution in [-0.2, 0) is 6.42 Å². The third-order valence-corrected chi connectivity index (χ3v) is 5.52. The van der Waals surface area contributed by atoms with Gasteiger partial charge < -0.3 is 19.2 Å². The summed E-state index contributed by atoms with van der Waals surface area (Å²) in [5.74, 6) is -0.135. The van der Waals surface area contributed by atoms with Gasteiger partial charge in [-0.15, -0.1) is 0 Å². The Bertz CT molecular complexity index is 943. The molecule has 1 unspecified atom stereocenters. The molecule has 1 N–H and O–H groups in total. The van der Waals surface area contributed by atoms with Crippen LogP contribution in [0.3, 0.4) is 0 Å². The van der Waals surface area contributed by atoms with Crippen molar-refractivity contribution < 1.29 is 19.2 Å². The van der Waals surface area contributed by atoms with Gasteiger partial charge in [0.2, 0.25) is 0 Å². The molecule has 0 aliphatic carbocycles. The third-order valence-electron chi connectivity index (χ3n) is 5.52.